The van der Waals surface area contributed by atoms with E-state index < -0.39 is 11.7 Å². The molecule has 4 aromatic rings. The molecule has 214 valence electrons. The molecule has 11 nitrogen and oxygen atoms in total. The Kier molecular flexibility index (Phi) is 7.20. The number of hydrogen-bond donors (Lipinski definition) is 1. The lowest BCUT2D eigenvalue weighted by Gasteiger charge is -2.34. The number of nitrogens with zero attached hydrogens (tertiary/aromatic N) is 5. The van der Waals surface area contributed by atoms with E-state index in [4.69, 9.17) is 38.2 Å². The monoisotopic (exact) mass is 598 g/mol. The van der Waals surface area contributed by atoms with Gasteiger partial charge in [-0.25, -0.2) is 14.3 Å². The first-order valence-corrected chi connectivity index (χ1v) is 13.5. The SMILES string of the molecule is C[C@@H]1Cc2c(nc(N)n(-c3ccc4c(N(C)C(=O)OC(C)(C)C)noc4c3)c2=O)CN1C(=O)c1ccc(Cl)c(Cl)c1. The van der Waals surface area contributed by atoms with Crippen LogP contribution in [0.5, 0.6) is 0 Å². The summed E-state index contributed by atoms with van der Waals surface area (Å²) in [5, 5.41) is 5.20. The quantitative estimate of drug-likeness (QED) is 0.339. The van der Waals surface area contributed by atoms with Gasteiger partial charge in [-0.05, 0) is 64.4 Å². The molecule has 0 bridgehead atoms. The van der Waals surface area contributed by atoms with Crippen molar-refractivity contribution in [3.63, 3.8) is 0 Å². The molecule has 2 aromatic heterocycles. The zero-order chi connectivity index (χ0) is 29.8. The fourth-order valence-electron chi connectivity index (χ4n) is 4.70. The van der Waals surface area contributed by atoms with Gasteiger partial charge in [-0.2, -0.15) is 0 Å². The van der Waals surface area contributed by atoms with Crippen LogP contribution < -0.4 is 16.2 Å². The topological polar surface area (TPSA) is 137 Å². The third-order valence-electron chi connectivity index (χ3n) is 6.75. The minimum absolute atomic E-state index is 0.0461. The van der Waals surface area contributed by atoms with Gasteiger partial charge >= 0.3 is 6.09 Å². The highest BCUT2D eigenvalue weighted by Gasteiger charge is 2.32. The van der Waals surface area contributed by atoms with Crippen molar-refractivity contribution < 1.29 is 18.8 Å². The first-order chi connectivity index (χ1) is 19.2. The number of halogens is 2. The summed E-state index contributed by atoms with van der Waals surface area (Å²) >= 11 is 12.1. The van der Waals surface area contributed by atoms with Gasteiger partial charge < -0.3 is 19.9 Å². The van der Waals surface area contributed by atoms with Crippen LogP contribution in [0.1, 0.15) is 49.3 Å². The second kappa shape index (κ2) is 10.4. The van der Waals surface area contributed by atoms with Crippen molar-refractivity contribution >= 4 is 57.9 Å². The van der Waals surface area contributed by atoms with Crippen molar-refractivity contribution in [1.29, 1.82) is 0 Å². The molecule has 0 saturated carbocycles. The smallest absolute Gasteiger partial charge is 0.415 e. The highest BCUT2D eigenvalue weighted by atomic mass is 35.5. The molecule has 1 atom stereocenters. The molecule has 0 unspecified atom stereocenters. The summed E-state index contributed by atoms with van der Waals surface area (Å²) in [5.41, 5.74) is 7.29. The van der Waals surface area contributed by atoms with Gasteiger partial charge in [0.2, 0.25) is 5.95 Å². The van der Waals surface area contributed by atoms with Crippen LogP contribution in [-0.4, -0.2) is 50.3 Å². The van der Waals surface area contributed by atoms with E-state index in [1.165, 1.54) is 22.6 Å². The van der Waals surface area contributed by atoms with Crippen LogP contribution in [-0.2, 0) is 17.7 Å². The van der Waals surface area contributed by atoms with E-state index in [1.54, 1.807) is 56.0 Å². The minimum atomic E-state index is -0.679. The average molecular weight is 599 g/mol. The Hall–Kier alpha value is -4.09. The molecule has 2 amide bonds. The third kappa shape index (κ3) is 5.34. The predicted octanol–water partition coefficient (Wildman–Crippen LogP) is 5.22. The molecule has 1 aliphatic heterocycles. The van der Waals surface area contributed by atoms with Gasteiger partial charge in [0.05, 0.1) is 33.4 Å². The second-order valence-corrected chi connectivity index (χ2v) is 11.7. The summed E-state index contributed by atoms with van der Waals surface area (Å²) in [6, 6.07) is 9.36. The predicted molar refractivity (Wildman–Crippen MR) is 156 cm³/mol. The van der Waals surface area contributed by atoms with Gasteiger partial charge in [-0.15, -0.1) is 0 Å². The Bertz CT molecular complexity index is 1760. The van der Waals surface area contributed by atoms with Crippen molar-refractivity contribution in [3.05, 3.63) is 73.6 Å². The molecule has 0 radical (unpaired) electrons. The van der Waals surface area contributed by atoms with Gasteiger partial charge in [-0.3, -0.25) is 14.5 Å². The Morgan fingerprint density at radius 3 is 2.56 bits per heavy atom. The summed E-state index contributed by atoms with van der Waals surface area (Å²) in [7, 11) is 1.53. The molecule has 1 aliphatic rings. The fraction of sp³-hybridized carbons (Fsp3) is 0.321. The second-order valence-electron chi connectivity index (χ2n) is 10.9. The Balaban J connectivity index is 1.46. The lowest BCUT2D eigenvalue weighted by Crippen LogP contribution is -2.46. The lowest BCUT2D eigenvalue weighted by atomic mass is 9.98. The minimum Gasteiger partial charge on any atom is -0.443 e. The van der Waals surface area contributed by atoms with Gasteiger partial charge in [0, 0.05) is 30.3 Å². The van der Waals surface area contributed by atoms with E-state index in [9.17, 15) is 14.4 Å². The zero-order valence-corrected chi connectivity index (χ0v) is 24.6. The maximum Gasteiger partial charge on any atom is 0.415 e. The standard InChI is InChI=1S/C28H28Cl2N6O5/c1-14-10-18-21(13-35(14)24(37)15-6-9-19(29)20(30)11-15)32-26(31)36(25(18)38)16-7-8-17-22(12-16)41-33-23(17)34(5)27(39)40-28(2,3)4/h6-9,11-12,14H,10,13H2,1-5H3,(H2,31,32)/t14-/m1/s1. The van der Waals surface area contributed by atoms with E-state index in [0.29, 0.717) is 38.5 Å². The number of anilines is 2. The molecule has 0 spiro atoms. The number of benzene rings is 2. The molecule has 2 N–H and O–H groups in total. The summed E-state index contributed by atoms with van der Waals surface area (Å²) in [4.78, 5) is 46.8. The van der Waals surface area contributed by atoms with E-state index >= 15 is 0 Å². The van der Waals surface area contributed by atoms with Crippen molar-refractivity contribution in [3.8, 4) is 5.69 Å². The number of nitrogen functional groups attached to an aromatic ring is 1. The highest BCUT2D eigenvalue weighted by Crippen LogP contribution is 2.30. The lowest BCUT2D eigenvalue weighted by molar-refractivity contribution is 0.0586. The van der Waals surface area contributed by atoms with Gasteiger partial charge in [-0.1, -0.05) is 28.4 Å². The van der Waals surface area contributed by atoms with Gasteiger partial charge in [0.15, 0.2) is 11.4 Å². The van der Waals surface area contributed by atoms with Crippen LogP contribution in [0.15, 0.2) is 45.7 Å². The van der Waals surface area contributed by atoms with Crippen molar-refractivity contribution in [2.45, 2.75) is 52.3 Å². The first kappa shape index (κ1) is 28.4. The van der Waals surface area contributed by atoms with Gasteiger partial charge in [0.1, 0.15) is 5.60 Å². The Morgan fingerprint density at radius 2 is 1.88 bits per heavy atom. The molecular formula is C28H28Cl2N6O5. The van der Waals surface area contributed by atoms with Crippen molar-refractivity contribution in [1.82, 2.24) is 19.6 Å². The maximum absolute atomic E-state index is 13.7. The fourth-order valence-corrected chi connectivity index (χ4v) is 5.00. The van der Waals surface area contributed by atoms with Crippen LogP contribution in [0, 0.1) is 0 Å². The first-order valence-electron chi connectivity index (χ1n) is 12.8. The number of nitrogens with two attached hydrogens (primary N) is 1. The van der Waals surface area contributed by atoms with E-state index in [0.717, 1.165) is 0 Å². The average Bonchev–Trinajstić information content (AvgIpc) is 3.32. The van der Waals surface area contributed by atoms with E-state index in [1.807, 2.05) is 6.92 Å². The third-order valence-corrected chi connectivity index (χ3v) is 7.49. The number of carbonyl (C=O) groups is 2. The van der Waals surface area contributed by atoms with Crippen LogP contribution in [0.3, 0.4) is 0 Å². The normalized spacial score (nSPS) is 15.1. The van der Waals surface area contributed by atoms with E-state index in [-0.39, 0.29) is 47.3 Å². The largest absolute Gasteiger partial charge is 0.443 e. The summed E-state index contributed by atoms with van der Waals surface area (Å²) in [5.74, 6) is -0.0327. The molecule has 3 heterocycles. The van der Waals surface area contributed by atoms with Crippen LogP contribution >= 0.6 is 23.2 Å². The number of amides is 2. The zero-order valence-electron chi connectivity index (χ0n) is 23.1. The number of hydrogen-bond acceptors (Lipinski definition) is 8. The van der Waals surface area contributed by atoms with Crippen molar-refractivity contribution in [2.24, 2.45) is 0 Å². The number of ether oxygens (including phenoxy) is 1. The molecule has 5 rings (SSSR count). The van der Waals surface area contributed by atoms with Crippen LogP contribution in [0.25, 0.3) is 16.7 Å². The maximum atomic E-state index is 13.7. The van der Waals surface area contributed by atoms with Crippen molar-refractivity contribution in [2.75, 3.05) is 17.7 Å². The Morgan fingerprint density at radius 1 is 1.15 bits per heavy atom. The number of carbonyl (C=O) groups excluding carboxylic acids is 2. The molecule has 13 heteroatoms. The number of rotatable bonds is 3. The van der Waals surface area contributed by atoms with Crippen LogP contribution in [0.4, 0.5) is 16.6 Å². The summed E-state index contributed by atoms with van der Waals surface area (Å²) in [6.45, 7) is 7.28. The molecule has 0 saturated heterocycles. The van der Waals surface area contributed by atoms with Crippen LogP contribution in [0.2, 0.25) is 10.0 Å². The van der Waals surface area contributed by atoms with Gasteiger partial charge in [0.25, 0.3) is 11.5 Å². The van der Waals surface area contributed by atoms with E-state index in [2.05, 4.69) is 10.1 Å². The summed E-state index contributed by atoms with van der Waals surface area (Å²) < 4.78 is 12.2. The number of fused-ring (bicyclic) bond motifs is 2. The number of aromatic nitrogens is 3. The molecule has 0 fully saturated rings. The molecular weight excluding hydrogens is 571 g/mol. The summed E-state index contributed by atoms with van der Waals surface area (Å²) in [6.07, 6.45) is -0.305. The molecule has 2 aromatic carbocycles. The molecule has 41 heavy (non-hydrogen) atoms. The molecule has 0 aliphatic carbocycles. The highest BCUT2D eigenvalue weighted by molar-refractivity contribution is 6.42. The Labute approximate surface area is 245 Å².